The quantitative estimate of drug-likeness (QED) is 0.826. The van der Waals surface area contributed by atoms with E-state index in [0.29, 0.717) is 18.5 Å². The fourth-order valence-corrected chi connectivity index (χ4v) is 2.02. The van der Waals surface area contributed by atoms with E-state index in [1.54, 1.807) is 0 Å². The SMILES string of the molecule is CCC(C)C(CN)N(C)c1ccc(C)cc1. The Labute approximate surface area is 99.5 Å². The molecule has 2 heteroatoms. The zero-order valence-corrected chi connectivity index (χ0v) is 10.9. The summed E-state index contributed by atoms with van der Waals surface area (Å²) < 4.78 is 0. The van der Waals surface area contributed by atoms with Crippen molar-refractivity contribution in [3.63, 3.8) is 0 Å². The normalized spacial score (nSPS) is 14.6. The summed E-state index contributed by atoms with van der Waals surface area (Å²) in [5, 5.41) is 0. The third-order valence-corrected chi connectivity index (χ3v) is 3.48. The smallest absolute Gasteiger partial charge is 0.0434 e. The fraction of sp³-hybridized carbons (Fsp3) is 0.571. The van der Waals surface area contributed by atoms with Crippen molar-refractivity contribution in [3.05, 3.63) is 29.8 Å². The maximum atomic E-state index is 5.88. The Morgan fingerprint density at radius 3 is 2.25 bits per heavy atom. The van der Waals surface area contributed by atoms with Gasteiger partial charge in [-0.1, -0.05) is 38.0 Å². The van der Waals surface area contributed by atoms with Gasteiger partial charge in [0.05, 0.1) is 0 Å². The first-order valence-electron chi connectivity index (χ1n) is 6.09. The molecule has 0 fully saturated rings. The van der Waals surface area contributed by atoms with E-state index in [0.717, 1.165) is 6.42 Å². The molecule has 0 radical (unpaired) electrons. The second kappa shape index (κ2) is 5.90. The van der Waals surface area contributed by atoms with E-state index < -0.39 is 0 Å². The van der Waals surface area contributed by atoms with Gasteiger partial charge in [-0.3, -0.25) is 0 Å². The zero-order valence-electron chi connectivity index (χ0n) is 10.9. The molecule has 0 aliphatic heterocycles. The maximum absolute atomic E-state index is 5.88. The van der Waals surface area contributed by atoms with Gasteiger partial charge in [0.15, 0.2) is 0 Å². The van der Waals surface area contributed by atoms with Gasteiger partial charge in [0.2, 0.25) is 0 Å². The third kappa shape index (κ3) is 2.99. The molecule has 2 atom stereocenters. The number of nitrogens with zero attached hydrogens (tertiary/aromatic N) is 1. The second-order valence-electron chi connectivity index (χ2n) is 4.64. The van der Waals surface area contributed by atoms with E-state index in [-0.39, 0.29) is 0 Å². The first-order chi connectivity index (χ1) is 7.60. The summed E-state index contributed by atoms with van der Waals surface area (Å²) in [4.78, 5) is 2.30. The molecule has 2 unspecified atom stereocenters. The van der Waals surface area contributed by atoms with Crippen LogP contribution in [-0.4, -0.2) is 19.6 Å². The van der Waals surface area contributed by atoms with Gasteiger partial charge in [-0.15, -0.1) is 0 Å². The predicted octanol–water partition coefficient (Wildman–Crippen LogP) is 2.80. The van der Waals surface area contributed by atoms with Crippen molar-refractivity contribution in [3.8, 4) is 0 Å². The van der Waals surface area contributed by atoms with Crippen LogP contribution in [0.15, 0.2) is 24.3 Å². The van der Waals surface area contributed by atoms with E-state index >= 15 is 0 Å². The lowest BCUT2D eigenvalue weighted by Gasteiger charge is -2.33. The molecule has 2 nitrogen and oxygen atoms in total. The molecule has 1 aromatic rings. The summed E-state index contributed by atoms with van der Waals surface area (Å²) in [6, 6.07) is 9.06. The number of anilines is 1. The minimum Gasteiger partial charge on any atom is -0.370 e. The number of benzene rings is 1. The van der Waals surface area contributed by atoms with Crippen molar-refractivity contribution in [2.45, 2.75) is 33.2 Å². The van der Waals surface area contributed by atoms with Crippen LogP contribution in [0.1, 0.15) is 25.8 Å². The van der Waals surface area contributed by atoms with E-state index in [2.05, 4.69) is 57.0 Å². The Morgan fingerprint density at radius 2 is 1.81 bits per heavy atom. The Kier molecular flexibility index (Phi) is 4.81. The first kappa shape index (κ1) is 13.0. The molecule has 0 aliphatic rings. The van der Waals surface area contributed by atoms with Crippen LogP contribution < -0.4 is 10.6 Å². The standard InChI is InChI=1S/C14H24N2/c1-5-12(3)14(10-15)16(4)13-8-6-11(2)7-9-13/h6-9,12,14H,5,10,15H2,1-4H3. The maximum Gasteiger partial charge on any atom is 0.0434 e. The van der Waals surface area contributed by atoms with Gasteiger partial charge >= 0.3 is 0 Å². The molecule has 0 saturated heterocycles. The number of hydrogen-bond acceptors (Lipinski definition) is 2. The Morgan fingerprint density at radius 1 is 1.25 bits per heavy atom. The lowest BCUT2D eigenvalue weighted by Crippen LogP contribution is -2.42. The van der Waals surface area contributed by atoms with Gasteiger partial charge in [0.25, 0.3) is 0 Å². The predicted molar refractivity (Wildman–Crippen MR) is 71.9 cm³/mol. The number of likely N-dealkylation sites (N-methyl/N-ethyl adjacent to an activating group) is 1. The van der Waals surface area contributed by atoms with Crippen LogP contribution >= 0.6 is 0 Å². The van der Waals surface area contributed by atoms with Crippen LogP contribution in [0.5, 0.6) is 0 Å². The lowest BCUT2D eigenvalue weighted by molar-refractivity contribution is 0.433. The Hall–Kier alpha value is -1.02. The summed E-state index contributed by atoms with van der Waals surface area (Å²) in [6.45, 7) is 7.30. The molecule has 0 aliphatic carbocycles. The Bertz CT molecular complexity index is 305. The number of hydrogen-bond donors (Lipinski definition) is 1. The summed E-state index contributed by atoms with van der Waals surface area (Å²) in [7, 11) is 2.13. The van der Waals surface area contributed by atoms with Crippen LogP contribution in [0, 0.1) is 12.8 Å². The van der Waals surface area contributed by atoms with Crippen LogP contribution in [0.3, 0.4) is 0 Å². The Balaban J connectivity index is 2.82. The van der Waals surface area contributed by atoms with Crippen LogP contribution in [-0.2, 0) is 0 Å². The van der Waals surface area contributed by atoms with Gasteiger partial charge < -0.3 is 10.6 Å². The van der Waals surface area contributed by atoms with Crippen molar-refractivity contribution in [2.24, 2.45) is 11.7 Å². The molecule has 90 valence electrons. The highest BCUT2D eigenvalue weighted by Crippen LogP contribution is 2.20. The van der Waals surface area contributed by atoms with E-state index in [1.165, 1.54) is 11.3 Å². The number of rotatable bonds is 5. The topological polar surface area (TPSA) is 29.3 Å². The minimum absolute atomic E-state index is 0.424. The molecule has 0 amide bonds. The summed E-state index contributed by atoms with van der Waals surface area (Å²) in [5.41, 5.74) is 8.42. The van der Waals surface area contributed by atoms with Gasteiger partial charge in [-0.05, 0) is 25.0 Å². The lowest BCUT2D eigenvalue weighted by atomic mass is 9.97. The first-order valence-corrected chi connectivity index (χ1v) is 6.09. The highest BCUT2D eigenvalue weighted by molar-refractivity contribution is 5.47. The van der Waals surface area contributed by atoms with Gasteiger partial charge in [-0.2, -0.15) is 0 Å². The average molecular weight is 220 g/mol. The molecule has 0 heterocycles. The molecule has 0 spiro atoms. The number of aryl methyl sites for hydroxylation is 1. The number of nitrogens with two attached hydrogens (primary N) is 1. The fourth-order valence-electron chi connectivity index (χ4n) is 2.02. The zero-order chi connectivity index (χ0) is 12.1. The van der Waals surface area contributed by atoms with Crippen LogP contribution in [0.4, 0.5) is 5.69 Å². The summed E-state index contributed by atoms with van der Waals surface area (Å²) >= 11 is 0. The highest BCUT2D eigenvalue weighted by atomic mass is 15.1. The van der Waals surface area contributed by atoms with Gasteiger partial charge in [-0.25, -0.2) is 0 Å². The summed E-state index contributed by atoms with van der Waals surface area (Å²) in [6.07, 6.45) is 1.16. The van der Waals surface area contributed by atoms with Crippen molar-refractivity contribution in [1.29, 1.82) is 0 Å². The van der Waals surface area contributed by atoms with Crippen LogP contribution in [0.2, 0.25) is 0 Å². The molecule has 0 bridgehead atoms. The second-order valence-corrected chi connectivity index (χ2v) is 4.64. The molecular formula is C14H24N2. The van der Waals surface area contributed by atoms with E-state index in [9.17, 15) is 0 Å². The molecule has 0 saturated carbocycles. The van der Waals surface area contributed by atoms with E-state index in [1.807, 2.05) is 0 Å². The molecule has 16 heavy (non-hydrogen) atoms. The van der Waals surface area contributed by atoms with Gasteiger partial charge in [0.1, 0.15) is 0 Å². The minimum atomic E-state index is 0.424. The molecule has 0 aromatic heterocycles. The van der Waals surface area contributed by atoms with Crippen molar-refractivity contribution >= 4 is 5.69 Å². The van der Waals surface area contributed by atoms with Gasteiger partial charge in [0, 0.05) is 25.3 Å². The van der Waals surface area contributed by atoms with Crippen molar-refractivity contribution in [2.75, 3.05) is 18.5 Å². The van der Waals surface area contributed by atoms with Crippen molar-refractivity contribution < 1.29 is 0 Å². The molecule has 1 rings (SSSR count). The molecule has 1 aromatic carbocycles. The molecular weight excluding hydrogens is 196 g/mol. The largest absolute Gasteiger partial charge is 0.370 e. The third-order valence-electron chi connectivity index (χ3n) is 3.48. The van der Waals surface area contributed by atoms with E-state index in [4.69, 9.17) is 5.73 Å². The monoisotopic (exact) mass is 220 g/mol. The van der Waals surface area contributed by atoms with Crippen molar-refractivity contribution in [1.82, 2.24) is 0 Å². The molecule has 2 N–H and O–H groups in total. The highest BCUT2D eigenvalue weighted by Gasteiger charge is 2.19. The average Bonchev–Trinajstić information content (AvgIpc) is 2.30. The van der Waals surface area contributed by atoms with Crippen LogP contribution in [0.25, 0.3) is 0 Å². The summed E-state index contributed by atoms with van der Waals surface area (Å²) in [5.74, 6) is 0.622.